The molecular formula is C16H25NO2. The van der Waals surface area contributed by atoms with Gasteiger partial charge in [0, 0.05) is 18.7 Å². The van der Waals surface area contributed by atoms with Gasteiger partial charge in [0.2, 0.25) is 0 Å². The number of hydrogen-bond donors (Lipinski definition) is 0. The molecule has 0 saturated heterocycles. The smallest absolute Gasteiger partial charge is 0.306 e. The van der Waals surface area contributed by atoms with Crippen LogP contribution in [0.1, 0.15) is 40.0 Å². The monoisotopic (exact) mass is 263 g/mol. The number of rotatable bonds is 8. The van der Waals surface area contributed by atoms with Gasteiger partial charge in [0.05, 0.1) is 6.54 Å². The molecule has 3 heteroatoms. The Bertz CT molecular complexity index is 364. The van der Waals surface area contributed by atoms with Crippen molar-refractivity contribution in [2.45, 2.75) is 46.1 Å². The van der Waals surface area contributed by atoms with Gasteiger partial charge in [-0.05, 0) is 31.9 Å². The zero-order valence-corrected chi connectivity index (χ0v) is 12.3. The highest BCUT2D eigenvalue weighted by Crippen LogP contribution is 2.15. The second-order valence-corrected chi connectivity index (χ2v) is 4.64. The quantitative estimate of drug-likeness (QED) is 0.671. The largest absolute Gasteiger partial charge is 0.460 e. The van der Waals surface area contributed by atoms with Crippen molar-refractivity contribution in [2.75, 3.05) is 18.0 Å². The van der Waals surface area contributed by atoms with Gasteiger partial charge >= 0.3 is 5.97 Å². The fourth-order valence-corrected chi connectivity index (χ4v) is 2.00. The summed E-state index contributed by atoms with van der Waals surface area (Å²) in [7, 11) is 0. The Morgan fingerprint density at radius 2 is 1.89 bits per heavy atom. The van der Waals surface area contributed by atoms with Crippen LogP contribution in [0.4, 0.5) is 5.69 Å². The SMILES string of the molecule is CCCC(=O)OC(CC)CN(CC)c1ccccc1. The zero-order chi connectivity index (χ0) is 14.1. The van der Waals surface area contributed by atoms with Gasteiger partial charge < -0.3 is 9.64 Å². The molecule has 0 aliphatic carbocycles. The Morgan fingerprint density at radius 1 is 1.21 bits per heavy atom. The van der Waals surface area contributed by atoms with Crippen LogP contribution in [0, 0.1) is 0 Å². The maximum Gasteiger partial charge on any atom is 0.306 e. The van der Waals surface area contributed by atoms with Gasteiger partial charge in [0.25, 0.3) is 0 Å². The second kappa shape index (κ2) is 8.57. The lowest BCUT2D eigenvalue weighted by Gasteiger charge is -2.27. The van der Waals surface area contributed by atoms with E-state index in [2.05, 4.69) is 30.9 Å². The molecule has 1 rings (SSSR count). The summed E-state index contributed by atoms with van der Waals surface area (Å²) in [5.41, 5.74) is 1.18. The molecule has 0 amide bonds. The predicted octanol–water partition coefficient (Wildman–Crippen LogP) is 3.63. The van der Waals surface area contributed by atoms with Crippen molar-refractivity contribution in [3.63, 3.8) is 0 Å². The van der Waals surface area contributed by atoms with Gasteiger partial charge in [-0.3, -0.25) is 4.79 Å². The minimum absolute atomic E-state index is 0.0285. The number of carbonyl (C=O) groups excluding carboxylic acids is 1. The molecule has 0 aromatic heterocycles. The van der Waals surface area contributed by atoms with Crippen LogP contribution in [0.5, 0.6) is 0 Å². The molecule has 0 bridgehead atoms. The molecule has 0 aliphatic heterocycles. The lowest BCUT2D eigenvalue weighted by Crippen LogP contribution is -2.34. The van der Waals surface area contributed by atoms with Gasteiger partial charge in [0.1, 0.15) is 6.10 Å². The number of para-hydroxylation sites is 1. The number of carbonyl (C=O) groups is 1. The van der Waals surface area contributed by atoms with Crippen LogP contribution in [-0.4, -0.2) is 25.2 Å². The molecule has 3 nitrogen and oxygen atoms in total. The minimum Gasteiger partial charge on any atom is -0.460 e. The molecular weight excluding hydrogens is 238 g/mol. The van der Waals surface area contributed by atoms with Crippen molar-refractivity contribution in [1.82, 2.24) is 0 Å². The van der Waals surface area contributed by atoms with Crippen molar-refractivity contribution in [2.24, 2.45) is 0 Å². The summed E-state index contributed by atoms with van der Waals surface area (Å²) in [4.78, 5) is 13.8. The average molecular weight is 263 g/mol. The highest BCUT2D eigenvalue weighted by Gasteiger charge is 2.15. The van der Waals surface area contributed by atoms with E-state index in [9.17, 15) is 4.79 Å². The Kier molecular flexibility index (Phi) is 7.01. The van der Waals surface area contributed by atoms with E-state index in [1.54, 1.807) is 0 Å². The third kappa shape index (κ3) is 5.33. The van der Waals surface area contributed by atoms with E-state index < -0.39 is 0 Å². The second-order valence-electron chi connectivity index (χ2n) is 4.64. The Labute approximate surface area is 116 Å². The van der Waals surface area contributed by atoms with E-state index >= 15 is 0 Å². The molecule has 0 heterocycles. The van der Waals surface area contributed by atoms with E-state index in [1.165, 1.54) is 5.69 Å². The van der Waals surface area contributed by atoms with Crippen LogP contribution in [0.25, 0.3) is 0 Å². The Hall–Kier alpha value is -1.51. The number of benzene rings is 1. The topological polar surface area (TPSA) is 29.5 Å². The first-order chi connectivity index (χ1) is 9.21. The zero-order valence-electron chi connectivity index (χ0n) is 12.3. The molecule has 19 heavy (non-hydrogen) atoms. The molecule has 0 spiro atoms. The normalized spacial score (nSPS) is 11.9. The number of esters is 1. The van der Waals surface area contributed by atoms with Crippen molar-refractivity contribution in [3.05, 3.63) is 30.3 Å². The molecule has 0 fully saturated rings. The van der Waals surface area contributed by atoms with Crippen LogP contribution < -0.4 is 4.90 Å². The standard InChI is InChI=1S/C16H25NO2/c1-4-10-16(18)19-15(5-2)13-17(6-3)14-11-8-7-9-12-14/h7-9,11-12,15H,4-6,10,13H2,1-3H3. The first-order valence-electron chi connectivity index (χ1n) is 7.20. The van der Waals surface area contributed by atoms with E-state index in [0.717, 1.165) is 25.9 Å². The van der Waals surface area contributed by atoms with Crippen molar-refractivity contribution >= 4 is 11.7 Å². The Morgan fingerprint density at radius 3 is 2.42 bits per heavy atom. The highest BCUT2D eigenvalue weighted by atomic mass is 16.5. The number of hydrogen-bond acceptors (Lipinski definition) is 3. The van der Waals surface area contributed by atoms with Gasteiger partial charge in [-0.15, -0.1) is 0 Å². The number of anilines is 1. The molecule has 0 aliphatic rings. The first-order valence-corrected chi connectivity index (χ1v) is 7.20. The summed E-state index contributed by atoms with van der Waals surface area (Å²) in [6.45, 7) is 7.83. The van der Waals surface area contributed by atoms with Gasteiger partial charge in [-0.25, -0.2) is 0 Å². The summed E-state index contributed by atoms with van der Waals surface area (Å²) in [6.07, 6.45) is 2.16. The maximum absolute atomic E-state index is 11.6. The number of likely N-dealkylation sites (N-methyl/N-ethyl adjacent to an activating group) is 1. The van der Waals surface area contributed by atoms with Gasteiger partial charge in [-0.1, -0.05) is 32.0 Å². The molecule has 0 radical (unpaired) electrons. The predicted molar refractivity (Wildman–Crippen MR) is 79.4 cm³/mol. The van der Waals surface area contributed by atoms with E-state index in [1.807, 2.05) is 25.1 Å². The number of ether oxygens (including phenoxy) is 1. The molecule has 1 unspecified atom stereocenters. The summed E-state index contributed by atoms with van der Waals surface area (Å²) < 4.78 is 5.51. The van der Waals surface area contributed by atoms with Crippen molar-refractivity contribution in [3.8, 4) is 0 Å². The Balaban J connectivity index is 2.60. The summed E-state index contributed by atoms with van der Waals surface area (Å²) >= 11 is 0. The summed E-state index contributed by atoms with van der Waals surface area (Å²) in [5.74, 6) is -0.0848. The number of nitrogens with zero attached hydrogens (tertiary/aromatic N) is 1. The average Bonchev–Trinajstić information content (AvgIpc) is 2.44. The third-order valence-electron chi connectivity index (χ3n) is 3.13. The highest BCUT2D eigenvalue weighted by molar-refractivity contribution is 5.69. The van der Waals surface area contributed by atoms with Crippen LogP contribution in [0.2, 0.25) is 0 Å². The molecule has 1 aromatic carbocycles. The van der Waals surface area contributed by atoms with Crippen LogP contribution in [0.15, 0.2) is 30.3 Å². The maximum atomic E-state index is 11.6. The van der Waals surface area contributed by atoms with Crippen LogP contribution >= 0.6 is 0 Å². The lowest BCUT2D eigenvalue weighted by atomic mass is 10.2. The summed E-state index contributed by atoms with van der Waals surface area (Å²) in [5, 5.41) is 0. The fourth-order valence-electron chi connectivity index (χ4n) is 2.00. The molecule has 0 N–H and O–H groups in total. The molecule has 1 aromatic rings. The minimum atomic E-state index is -0.0848. The van der Waals surface area contributed by atoms with E-state index in [-0.39, 0.29) is 12.1 Å². The fraction of sp³-hybridized carbons (Fsp3) is 0.562. The van der Waals surface area contributed by atoms with Crippen LogP contribution in [-0.2, 0) is 9.53 Å². The summed E-state index contributed by atoms with van der Waals surface area (Å²) in [6, 6.07) is 10.2. The van der Waals surface area contributed by atoms with Gasteiger partial charge in [0.15, 0.2) is 0 Å². The van der Waals surface area contributed by atoms with Crippen molar-refractivity contribution in [1.29, 1.82) is 0 Å². The van der Waals surface area contributed by atoms with E-state index in [0.29, 0.717) is 6.42 Å². The first kappa shape index (κ1) is 15.5. The van der Waals surface area contributed by atoms with Gasteiger partial charge in [-0.2, -0.15) is 0 Å². The molecule has 106 valence electrons. The lowest BCUT2D eigenvalue weighted by molar-refractivity contribution is -0.148. The third-order valence-corrected chi connectivity index (χ3v) is 3.13. The van der Waals surface area contributed by atoms with E-state index in [4.69, 9.17) is 4.74 Å². The molecule has 1 atom stereocenters. The van der Waals surface area contributed by atoms with Crippen molar-refractivity contribution < 1.29 is 9.53 Å². The van der Waals surface area contributed by atoms with Crippen LogP contribution in [0.3, 0.4) is 0 Å². The molecule has 0 saturated carbocycles.